The number of nitrogens with zero attached hydrogens (tertiary/aromatic N) is 3. The van der Waals surface area contributed by atoms with E-state index in [9.17, 15) is 0 Å². The Bertz CT molecular complexity index is 789. The van der Waals surface area contributed by atoms with Gasteiger partial charge in [0.2, 0.25) is 0 Å². The Kier molecular flexibility index (Phi) is 3.84. The second kappa shape index (κ2) is 5.95. The molecule has 0 amide bonds. The minimum atomic E-state index is 0.476. The van der Waals surface area contributed by atoms with Crippen LogP contribution in [-0.2, 0) is 6.54 Å². The lowest BCUT2D eigenvalue weighted by atomic mass is 10.2. The van der Waals surface area contributed by atoms with Crippen molar-refractivity contribution in [3.05, 3.63) is 59.6 Å². The summed E-state index contributed by atoms with van der Waals surface area (Å²) in [5.41, 5.74) is 13.4. The summed E-state index contributed by atoms with van der Waals surface area (Å²) in [5, 5.41) is 4.71. The van der Waals surface area contributed by atoms with Gasteiger partial charge in [0.25, 0.3) is 0 Å². The Morgan fingerprint density at radius 1 is 1.09 bits per heavy atom. The number of anilines is 2. The van der Waals surface area contributed by atoms with Gasteiger partial charge in [-0.1, -0.05) is 11.6 Å². The largest absolute Gasteiger partial charge is 0.457 e. The molecule has 0 radical (unpaired) electrons. The predicted molar refractivity (Wildman–Crippen MR) is 85.9 cm³/mol. The van der Waals surface area contributed by atoms with Gasteiger partial charge < -0.3 is 16.2 Å². The zero-order valence-corrected chi connectivity index (χ0v) is 12.4. The molecule has 0 bridgehead atoms. The average Bonchev–Trinajstić information content (AvgIpc) is 2.99. The van der Waals surface area contributed by atoms with Crippen molar-refractivity contribution in [2.45, 2.75) is 6.54 Å². The van der Waals surface area contributed by atoms with Gasteiger partial charge in [-0.3, -0.25) is 0 Å². The Labute approximate surface area is 132 Å². The highest BCUT2D eigenvalue weighted by molar-refractivity contribution is 6.30. The van der Waals surface area contributed by atoms with Gasteiger partial charge in [0.05, 0.1) is 17.9 Å². The molecule has 0 saturated heterocycles. The number of aromatic nitrogens is 3. The van der Waals surface area contributed by atoms with Crippen molar-refractivity contribution >= 4 is 23.0 Å². The van der Waals surface area contributed by atoms with E-state index < -0.39 is 0 Å². The highest BCUT2D eigenvalue weighted by Crippen LogP contribution is 2.30. The standard InChI is InChI=1S/C15H14ClN5O/c16-11-1-4-15(10(5-11)7-21-9-19-8-20-21)22-12-2-3-13(17)14(18)6-12/h1-6,8-9H,7,17-18H2. The van der Waals surface area contributed by atoms with E-state index in [0.717, 1.165) is 5.56 Å². The minimum Gasteiger partial charge on any atom is -0.457 e. The maximum Gasteiger partial charge on any atom is 0.137 e. The van der Waals surface area contributed by atoms with Crippen LogP contribution in [0.5, 0.6) is 11.5 Å². The van der Waals surface area contributed by atoms with Gasteiger partial charge in [-0.05, 0) is 30.3 Å². The first kappa shape index (κ1) is 14.2. The van der Waals surface area contributed by atoms with Gasteiger partial charge >= 0.3 is 0 Å². The summed E-state index contributed by atoms with van der Waals surface area (Å²) >= 11 is 6.07. The van der Waals surface area contributed by atoms with E-state index in [4.69, 9.17) is 27.8 Å². The fraction of sp³-hybridized carbons (Fsp3) is 0.0667. The van der Waals surface area contributed by atoms with E-state index in [1.807, 2.05) is 6.07 Å². The molecule has 112 valence electrons. The molecule has 22 heavy (non-hydrogen) atoms. The first-order valence-corrected chi connectivity index (χ1v) is 6.93. The summed E-state index contributed by atoms with van der Waals surface area (Å²) in [6, 6.07) is 10.6. The van der Waals surface area contributed by atoms with Crippen LogP contribution >= 0.6 is 11.6 Å². The van der Waals surface area contributed by atoms with Gasteiger partial charge in [-0.2, -0.15) is 5.10 Å². The topological polar surface area (TPSA) is 92.0 Å². The molecule has 0 aliphatic heterocycles. The summed E-state index contributed by atoms with van der Waals surface area (Å²) in [6.45, 7) is 0.500. The predicted octanol–water partition coefficient (Wildman–Crippen LogP) is 2.94. The van der Waals surface area contributed by atoms with Crippen LogP contribution in [0.25, 0.3) is 0 Å². The molecule has 0 fully saturated rings. The van der Waals surface area contributed by atoms with Crippen molar-refractivity contribution in [2.75, 3.05) is 11.5 Å². The number of hydrogen-bond donors (Lipinski definition) is 2. The highest BCUT2D eigenvalue weighted by atomic mass is 35.5. The van der Waals surface area contributed by atoms with E-state index in [0.29, 0.717) is 34.4 Å². The van der Waals surface area contributed by atoms with Crippen molar-refractivity contribution in [2.24, 2.45) is 0 Å². The van der Waals surface area contributed by atoms with Crippen LogP contribution in [0.15, 0.2) is 49.1 Å². The molecule has 0 aliphatic rings. The van der Waals surface area contributed by atoms with Crippen molar-refractivity contribution in [3.63, 3.8) is 0 Å². The molecule has 1 aromatic heterocycles. The minimum absolute atomic E-state index is 0.476. The van der Waals surface area contributed by atoms with Crippen LogP contribution in [0, 0.1) is 0 Å². The molecular weight excluding hydrogens is 302 g/mol. The third kappa shape index (κ3) is 3.12. The Morgan fingerprint density at radius 2 is 1.95 bits per heavy atom. The number of nitrogens with two attached hydrogens (primary N) is 2. The molecule has 1 heterocycles. The molecule has 3 rings (SSSR count). The second-order valence-electron chi connectivity index (χ2n) is 4.74. The van der Waals surface area contributed by atoms with E-state index in [1.165, 1.54) is 6.33 Å². The SMILES string of the molecule is Nc1ccc(Oc2ccc(Cl)cc2Cn2cncn2)cc1N. The van der Waals surface area contributed by atoms with Gasteiger partial charge in [0, 0.05) is 16.7 Å². The van der Waals surface area contributed by atoms with Gasteiger partial charge in [0.15, 0.2) is 0 Å². The molecule has 7 heteroatoms. The summed E-state index contributed by atoms with van der Waals surface area (Å²) in [6.07, 6.45) is 3.11. The summed E-state index contributed by atoms with van der Waals surface area (Å²) in [4.78, 5) is 3.92. The normalized spacial score (nSPS) is 10.6. The number of halogens is 1. The van der Waals surface area contributed by atoms with Gasteiger partial charge in [-0.25, -0.2) is 9.67 Å². The summed E-state index contributed by atoms with van der Waals surface area (Å²) < 4.78 is 7.58. The van der Waals surface area contributed by atoms with Crippen LogP contribution in [0.4, 0.5) is 11.4 Å². The molecular formula is C15H14ClN5O. The Hall–Kier alpha value is -2.73. The maximum absolute atomic E-state index is 6.07. The number of rotatable bonds is 4. The molecule has 4 N–H and O–H groups in total. The van der Waals surface area contributed by atoms with Crippen LogP contribution in [-0.4, -0.2) is 14.8 Å². The number of hydrogen-bond acceptors (Lipinski definition) is 5. The van der Waals surface area contributed by atoms with Gasteiger partial charge in [-0.15, -0.1) is 0 Å². The zero-order chi connectivity index (χ0) is 15.5. The molecule has 0 saturated carbocycles. The highest BCUT2D eigenvalue weighted by Gasteiger charge is 2.08. The molecule has 2 aromatic carbocycles. The van der Waals surface area contributed by atoms with Crippen LogP contribution in [0.3, 0.4) is 0 Å². The lowest BCUT2D eigenvalue weighted by molar-refractivity contribution is 0.472. The first-order valence-electron chi connectivity index (χ1n) is 6.55. The van der Waals surface area contributed by atoms with Crippen LogP contribution in [0.1, 0.15) is 5.56 Å². The molecule has 0 unspecified atom stereocenters. The molecule has 3 aromatic rings. The monoisotopic (exact) mass is 315 g/mol. The van der Waals surface area contributed by atoms with Crippen LogP contribution < -0.4 is 16.2 Å². The van der Waals surface area contributed by atoms with Crippen molar-refractivity contribution < 1.29 is 4.74 Å². The zero-order valence-electron chi connectivity index (χ0n) is 11.6. The number of ether oxygens (including phenoxy) is 1. The van der Waals surface area contributed by atoms with E-state index in [2.05, 4.69) is 10.1 Å². The van der Waals surface area contributed by atoms with Crippen molar-refractivity contribution in [3.8, 4) is 11.5 Å². The third-order valence-electron chi connectivity index (χ3n) is 3.11. The van der Waals surface area contributed by atoms with E-state index in [1.54, 1.807) is 41.3 Å². The maximum atomic E-state index is 6.07. The Morgan fingerprint density at radius 3 is 2.68 bits per heavy atom. The number of nitrogen functional groups attached to an aromatic ring is 2. The molecule has 0 spiro atoms. The smallest absolute Gasteiger partial charge is 0.137 e. The summed E-state index contributed by atoms with van der Waals surface area (Å²) in [7, 11) is 0. The average molecular weight is 316 g/mol. The fourth-order valence-corrected chi connectivity index (χ4v) is 2.20. The van der Waals surface area contributed by atoms with E-state index in [-0.39, 0.29) is 0 Å². The number of benzene rings is 2. The molecule has 0 aliphatic carbocycles. The fourth-order valence-electron chi connectivity index (χ4n) is 2.00. The lowest BCUT2D eigenvalue weighted by Gasteiger charge is -2.12. The quantitative estimate of drug-likeness (QED) is 0.722. The first-order chi connectivity index (χ1) is 10.6. The van der Waals surface area contributed by atoms with Crippen molar-refractivity contribution in [1.82, 2.24) is 14.8 Å². The Balaban J connectivity index is 1.90. The molecule has 0 atom stereocenters. The van der Waals surface area contributed by atoms with Crippen molar-refractivity contribution in [1.29, 1.82) is 0 Å². The third-order valence-corrected chi connectivity index (χ3v) is 3.34. The second-order valence-corrected chi connectivity index (χ2v) is 5.17. The summed E-state index contributed by atoms with van der Waals surface area (Å²) in [5.74, 6) is 1.28. The molecule has 6 nitrogen and oxygen atoms in total. The van der Waals surface area contributed by atoms with Crippen LogP contribution in [0.2, 0.25) is 5.02 Å². The van der Waals surface area contributed by atoms with E-state index >= 15 is 0 Å². The van der Waals surface area contributed by atoms with Gasteiger partial charge in [0.1, 0.15) is 24.2 Å². The lowest BCUT2D eigenvalue weighted by Crippen LogP contribution is -2.02.